The number of aromatic nitrogens is 2. The van der Waals surface area contributed by atoms with Crippen LogP contribution in [0.3, 0.4) is 0 Å². The van der Waals surface area contributed by atoms with E-state index in [1.54, 1.807) is 16.7 Å². The quantitative estimate of drug-likeness (QED) is 0.885. The summed E-state index contributed by atoms with van der Waals surface area (Å²) in [4.78, 5) is 25.8. The van der Waals surface area contributed by atoms with Crippen molar-refractivity contribution < 1.29 is 14.6 Å². The van der Waals surface area contributed by atoms with Gasteiger partial charge in [-0.05, 0) is 30.9 Å². The number of aryl methyl sites for hydroxylation is 1. The van der Waals surface area contributed by atoms with Gasteiger partial charge < -0.3 is 14.8 Å². The SMILES string of the molecule is O=C(O)c1cccc2c1[nH]c(=O)n2CCC1CCOC1. The van der Waals surface area contributed by atoms with Crippen LogP contribution in [-0.2, 0) is 11.3 Å². The number of aromatic amines is 1. The fourth-order valence-corrected chi connectivity index (χ4v) is 2.70. The van der Waals surface area contributed by atoms with Crippen LogP contribution in [0.1, 0.15) is 23.2 Å². The van der Waals surface area contributed by atoms with E-state index in [0.29, 0.717) is 23.5 Å². The fraction of sp³-hybridized carbons (Fsp3) is 0.429. The molecule has 106 valence electrons. The Morgan fingerprint density at radius 3 is 3.05 bits per heavy atom. The molecule has 1 aliphatic rings. The second-order valence-electron chi connectivity index (χ2n) is 5.10. The van der Waals surface area contributed by atoms with Crippen molar-refractivity contribution in [3.8, 4) is 0 Å². The molecule has 6 heteroatoms. The van der Waals surface area contributed by atoms with Crippen LogP contribution in [0.15, 0.2) is 23.0 Å². The first-order chi connectivity index (χ1) is 9.66. The largest absolute Gasteiger partial charge is 0.478 e. The standard InChI is InChI=1S/C14H16N2O4/c17-13(18)10-2-1-3-11-12(10)15-14(19)16(11)6-4-9-5-7-20-8-9/h1-3,9H,4-8H2,(H,15,19)(H,17,18). The summed E-state index contributed by atoms with van der Waals surface area (Å²) >= 11 is 0. The molecule has 0 saturated carbocycles. The predicted molar refractivity (Wildman–Crippen MR) is 73.1 cm³/mol. The van der Waals surface area contributed by atoms with Crippen LogP contribution in [0.4, 0.5) is 0 Å². The van der Waals surface area contributed by atoms with Crippen molar-refractivity contribution in [3.63, 3.8) is 0 Å². The molecule has 2 N–H and O–H groups in total. The number of rotatable bonds is 4. The monoisotopic (exact) mass is 276 g/mol. The summed E-state index contributed by atoms with van der Waals surface area (Å²) < 4.78 is 6.93. The predicted octanol–water partition coefficient (Wildman–Crippen LogP) is 1.45. The summed E-state index contributed by atoms with van der Waals surface area (Å²) in [5.41, 5.74) is 0.914. The summed E-state index contributed by atoms with van der Waals surface area (Å²) in [5.74, 6) is -0.553. The number of benzene rings is 1. The zero-order chi connectivity index (χ0) is 14.1. The van der Waals surface area contributed by atoms with E-state index in [9.17, 15) is 9.59 Å². The molecule has 1 aromatic carbocycles. The number of imidazole rings is 1. The number of hydrogen-bond donors (Lipinski definition) is 2. The van der Waals surface area contributed by atoms with Crippen molar-refractivity contribution in [1.82, 2.24) is 9.55 Å². The summed E-state index contributed by atoms with van der Waals surface area (Å²) in [6, 6.07) is 4.93. The van der Waals surface area contributed by atoms with Crippen LogP contribution < -0.4 is 5.69 Å². The van der Waals surface area contributed by atoms with Gasteiger partial charge in [-0.1, -0.05) is 6.07 Å². The summed E-state index contributed by atoms with van der Waals surface area (Å²) in [5, 5.41) is 9.14. The highest BCUT2D eigenvalue weighted by molar-refractivity contribution is 6.00. The molecule has 0 radical (unpaired) electrons. The van der Waals surface area contributed by atoms with Crippen molar-refractivity contribution in [2.45, 2.75) is 19.4 Å². The van der Waals surface area contributed by atoms with E-state index in [2.05, 4.69) is 4.98 Å². The summed E-state index contributed by atoms with van der Waals surface area (Å²) in [6.45, 7) is 2.12. The molecule has 1 aromatic heterocycles. The number of aromatic carboxylic acids is 1. The van der Waals surface area contributed by atoms with Gasteiger partial charge in [-0.25, -0.2) is 9.59 Å². The van der Waals surface area contributed by atoms with Gasteiger partial charge in [0.2, 0.25) is 0 Å². The van der Waals surface area contributed by atoms with Gasteiger partial charge in [0, 0.05) is 19.8 Å². The van der Waals surface area contributed by atoms with Crippen LogP contribution in [0.2, 0.25) is 0 Å². The van der Waals surface area contributed by atoms with Crippen LogP contribution in [0.25, 0.3) is 11.0 Å². The molecule has 0 bridgehead atoms. The van der Waals surface area contributed by atoms with E-state index in [4.69, 9.17) is 9.84 Å². The maximum absolute atomic E-state index is 12.0. The Kier molecular flexibility index (Phi) is 3.31. The lowest BCUT2D eigenvalue weighted by atomic mass is 10.1. The average Bonchev–Trinajstić information content (AvgIpc) is 3.02. The van der Waals surface area contributed by atoms with Gasteiger partial charge in [0.15, 0.2) is 0 Å². The fourth-order valence-electron chi connectivity index (χ4n) is 2.70. The van der Waals surface area contributed by atoms with Crippen LogP contribution in [-0.4, -0.2) is 33.8 Å². The summed E-state index contributed by atoms with van der Waals surface area (Å²) in [7, 11) is 0. The molecular formula is C14H16N2O4. The van der Waals surface area contributed by atoms with Gasteiger partial charge in [0.1, 0.15) is 0 Å². The Hall–Kier alpha value is -2.08. The number of carbonyl (C=O) groups is 1. The lowest BCUT2D eigenvalue weighted by Gasteiger charge is -2.08. The number of H-pyrrole nitrogens is 1. The van der Waals surface area contributed by atoms with Crippen molar-refractivity contribution >= 4 is 17.0 Å². The summed E-state index contributed by atoms with van der Waals surface area (Å²) in [6.07, 6.45) is 1.89. The van der Waals surface area contributed by atoms with E-state index in [-0.39, 0.29) is 11.3 Å². The minimum Gasteiger partial charge on any atom is -0.478 e. The van der Waals surface area contributed by atoms with E-state index in [0.717, 1.165) is 26.1 Å². The van der Waals surface area contributed by atoms with E-state index >= 15 is 0 Å². The first-order valence-electron chi connectivity index (χ1n) is 6.69. The molecule has 3 rings (SSSR count). The third-order valence-electron chi connectivity index (χ3n) is 3.83. The van der Waals surface area contributed by atoms with E-state index in [1.807, 2.05) is 0 Å². The third-order valence-corrected chi connectivity index (χ3v) is 3.83. The zero-order valence-electron chi connectivity index (χ0n) is 11.0. The maximum atomic E-state index is 12.0. The van der Waals surface area contributed by atoms with Crippen molar-refractivity contribution in [3.05, 3.63) is 34.2 Å². The number of carboxylic acids is 1. The topological polar surface area (TPSA) is 84.3 Å². The molecule has 0 amide bonds. The minimum absolute atomic E-state index is 0.127. The molecule has 20 heavy (non-hydrogen) atoms. The Labute approximate surface area is 115 Å². The smallest absolute Gasteiger partial charge is 0.337 e. The van der Waals surface area contributed by atoms with Gasteiger partial charge in [-0.15, -0.1) is 0 Å². The highest BCUT2D eigenvalue weighted by Gasteiger charge is 2.18. The van der Waals surface area contributed by atoms with Gasteiger partial charge in [-0.3, -0.25) is 4.57 Å². The highest BCUT2D eigenvalue weighted by Crippen LogP contribution is 2.19. The van der Waals surface area contributed by atoms with Gasteiger partial charge in [0.25, 0.3) is 0 Å². The maximum Gasteiger partial charge on any atom is 0.337 e. The second-order valence-corrected chi connectivity index (χ2v) is 5.10. The van der Waals surface area contributed by atoms with Crippen molar-refractivity contribution in [2.24, 2.45) is 5.92 Å². The van der Waals surface area contributed by atoms with Crippen molar-refractivity contribution in [2.75, 3.05) is 13.2 Å². The first kappa shape index (κ1) is 12.9. The molecular weight excluding hydrogens is 260 g/mol. The lowest BCUT2D eigenvalue weighted by Crippen LogP contribution is -2.18. The molecule has 2 heterocycles. The third kappa shape index (κ3) is 2.22. The zero-order valence-corrected chi connectivity index (χ0v) is 11.0. The number of carboxylic acid groups (broad SMARTS) is 1. The highest BCUT2D eigenvalue weighted by atomic mass is 16.5. The molecule has 6 nitrogen and oxygen atoms in total. The first-order valence-corrected chi connectivity index (χ1v) is 6.69. The molecule has 0 spiro atoms. The number of nitrogens with zero attached hydrogens (tertiary/aromatic N) is 1. The molecule has 2 aromatic rings. The Morgan fingerprint density at radius 1 is 1.50 bits per heavy atom. The molecule has 1 aliphatic heterocycles. The molecule has 1 unspecified atom stereocenters. The Bertz CT molecular complexity index is 695. The Morgan fingerprint density at radius 2 is 2.35 bits per heavy atom. The van der Waals surface area contributed by atoms with Crippen LogP contribution in [0, 0.1) is 5.92 Å². The molecule has 1 fully saturated rings. The van der Waals surface area contributed by atoms with E-state index in [1.165, 1.54) is 6.07 Å². The number of hydrogen-bond acceptors (Lipinski definition) is 3. The lowest BCUT2D eigenvalue weighted by molar-refractivity contribution is 0.0699. The Balaban J connectivity index is 1.94. The minimum atomic E-state index is -1.03. The van der Waals surface area contributed by atoms with Crippen LogP contribution >= 0.6 is 0 Å². The molecule has 0 aliphatic carbocycles. The van der Waals surface area contributed by atoms with Crippen molar-refractivity contribution in [1.29, 1.82) is 0 Å². The van der Waals surface area contributed by atoms with Gasteiger partial charge >= 0.3 is 11.7 Å². The van der Waals surface area contributed by atoms with Gasteiger partial charge in [0.05, 0.1) is 16.6 Å². The number of para-hydroxylation sites is 1. The number of nitrogens with one attached hydrogen (secondary N) is 1. The van der Waals surface area contributed by atoms with Gasteiger partial charge in [-0.2, -0.15) is 0 Å². The number of ether oxygens (including phenoxy) is 1. The normalized spacial score (nSPS) is 18.7. The average molecular weight is 276 g/mol. The molecule has 1 saturated heterocycles. The van der Waals surface area contributed by atoms with E-state index < -0.39 is 5.97 Å². The number of fused-ring (bicyclic) bond motifs is 1. The second kappa shape index (κ2) is 5.13. The molecule has 1 atom stereocenters. The van der Waals surface area contributed by atoms with Crippen LogP contribution in [0.5, 0.6) is 0 Å².